The van der Waals surface area contributed by atoms with Crippen molar-refractivity contribution in [2.45, 2.75) is 20.8 Å². The Morgan fingerprint density at radius 1 is 1.33 bits per heavy atom. The smallest absolute Gasteiger partial charge is 0.138 e. The van der Waals surface area contributed by atoms with Crippen LogP contribution in [0.2, 0.25) is 0 Å². The van der Waals surface area contributed by atoms with E-state index in [0.717, 1.165) is 5.69 Å². The van der Waals surface area contributed by atoms with Gasteiger partial charge in [0.25, 0.3) is 0 Å². The Morgan fingerprint density at radius 2 is 2.00 bits per heavy atom. The zero-order valence-electron chi connectivity index (χ0n) is 6.00. The average Bonchev–Trinajstić information content (AvgIpc) is 1.94. The molecule has 1 aromatic heterocycles. The summed E-state index contributed by atoms with van der Waals surface area (Å²) in [5.74, 6) is 0. The van der Waals surface area contributed by atoms with Crippen molar-refractivity contribution in [3.63, 3.8) is 0 Å². The van der Waals surface area contributed by atoms with Crippen molar-refractivity contribution in [3.05, 3.63) is 18.2 Å². The predicted molar refractivity (Wildman–Crippen MR) is 35.9 cm³/mol. The maximum atomic E-state index is 3.71. The summed E-state index contributed by atoms with van der Waals surface area (Å²) in [5, 5.41) is 7.19. The van der Waals surface area contributed by atoms with Gasteiger partial charge in [-0.2, -0.15) is 5.10 Å². The molecule has 0 aliphatic rings. The third-order valence-corrected chi connectivity index (χ3v) is 0.595. The summed E-state index contributed by atoms with van der Waals surface area (Å²) in [6.45, 7) is 5.85. The van der Waals surface area contributed by atoms with Crippen LogP contribution in [-0.2, 0) is 0 Å². The molecule has 0 aromatic carbocycles. The molecular weight excluding hydrogens is 114 g/mol. The van der Waals surface area contributed by atoms with Crippen molar-refractivity contribution in [2.75, 3.05) is 0 Å². The molecule has 0 spiro atoms. The molecule has 0 saturated carbocycles. The largest absolute Gasteiger partial charge is 0.241 e. The molecule has 0 radical (unpaired) electrons. The third-order valence-electron chi connectivity index (χ3n) is 0.595. The van der Waals surface area contributed by atoms with Crippen LogP contribution < -0.4 is 0 Å². The summed E-state index contributed by atoms with van der Waals surface area (Å²) in [6, 6.07) is 0. The zero-order valence-corrected chi connectivity index (χ0v) is 6.00. The molecule has 0 aliphatic carbocycles. The molecule has 0 aliphatic heterocycles. The number of aryl methyl sites for hydroxylation is 1. The summed E-state index contributed by atoms with van der Waals surface area (Å²) < 4.78 is 0. The second-order valence-electron chi connectivity index (χ2n) is 1.25. The van der Waals surface area contributed by atoms with Gasteiger partial charge in [-0.3, -0.25) is 0 Å². The van der Waals surface area contributed by atoms with Gasteiger partial charge >= 0.3 is 0 Å². The lowest BCUT2D eigenvalue weighted by Crippen LogP contribution is -1.83. The second-order valence-corrected chi connectivity index (χ2v) is 1.25. The van der Waals surface area contributed by atoms with Gasteiger partial charge in [0.15, 0.2) is 0 Å². The number of aromatic nitrogens is 3. The van der Waals surface area contributed by atoms with Crippen LogP contribution >= 0.6 is 0 Å². The first kappa shape index (κ1) is 8.01. The molecule has 0 atom stereocenters. The first-order valence-electron chi connectivity index (χ1n) is 2.99. The topological polar surface area (TPSA) is 38.7 Å². The SMILES string of the molecule is CC.Cc1cncnn1. The highest BCUT2D eigenvalue weighted by Gasteiger charge is 1.76. The Hall–Kier alpha value is -0.990. The van der Waals surface area contributed by atoms with E-state index in [1.807, 2.05) is 20.8 Å². The first-order valence-corrected chi connectivity index (χ1v) is 2.99. The lowest BCUT2D eigenvalue weighted by molar-refractivity contribution is 0.925. The van der Waals surface area contributed by atoms with E-state index < -0.39 is 0 Å². The second kappa shape index (κ2) is 5.15. The Labute approximate surface area is 55.2 Å². The summed E-state index contributed by atoms with van der Waals surface area (Å²) in [6.07, 6.45) is 3.07. The molecule has 1 rings (SSSR count). The van der Waals surface area contributed by atoms with Crippen LogP contribution in [0.15, 0.2) is 12.5 Å². The van der Waals surface area contributed by atoms with Crippen LogP contribution in [0, 0.1) is 6.92 Å². The van der Waals surface area contributed by atoms with Gasteiger partial charge in [-0.15, -0.1) is 5.10 Å². The highest BCUT2D eigenvalue weighted by Crippen LogP contribution is 1.77. The third kappa shape index (κ3) is 3.58. The van der Waals surface area contributed by atoms with E-state index in [4.69, 9.17) is 0 Å². The van der Waals surface area contributed by atoms with E-state index in [-0.39, 0.29) is 0 Å². The molecule has 50 valence electrons. The van der Waals surface area contributed by atoms with Crippen LogP contribution in [0.4, 0.5) is 0 Å². The summed E-state index contributed by atoms with van der Waals surface area (Å²) in [5.41, 5.74) is 0.850. The molecular formula is C6H11N3. The van der Waals surface area contributed by atoms with E-state index in [1.54, 1.807) is 6.20 Å². The van der Waals surface area contributed by atoms with E-state index in [1.165, 1.54) is 6.33 Å². The summed E-state index contributed by atoms with van der Waals surface area (Å²) in [7, 11) is 0. The van der Waals surface area contributed by atoms with Gasteiger partial charge < -0.3 is 0 Å². The highest BCUT2D eigenvalue weighted by molar-refractivity contribution is 4.83. The minimum Gasteiger partial charge on any atom is -0.241 e. The van der Waals surface area contributed by atoms with E-state index in [9.17, 15) is 0 Å². The van der Waals surface area contributed by atoms with Gasteiger partial charge in [-0.25, -0.2) is 4.98 Å². The Kier molecular flexibility index (Phi) is 4.59. The molecule has 0 bridgehead atoms. The minimum absolute atomic E-state index is 0.850. The van der Waals surface area contributed by atoms with Gasteiger partial charge in [-0.1, -0.05) is 13.8 Å². The van der Waals surface area contributed by atoms with Gasteiger partial charge in [0.1, 0.15) is 6.33 Å². The summed E-state index contributed by atoms with van der Waals surface area (Å²) >= 11 is 0. The zero-order chi connectivity index (χ0) is 7.11. The summed E-state index contributed by atoms with van der Waals surface area (Å²) in [4.78, 5) is 3.71. The standard InChI is InChI=1S/C4H5N3.C2H6/c1-4-2-5-3-6-7-4;1-2/h2-3H,1H3;1-2H3. The molecule has 1 heterocycles. The quantitative estimate of drug-likeness (QED) is 0.523. The van der Waals surface area contributed by atoms with E-state index >= 15 is 0 Å². The lowest BCUT2D eigenvalue weighted by Gasteiger charge is -1.80. The van der Waals surface area contributed by atoms with Gasteiger partial charge in [-0.05, 0) is 6.92 Å². The molecule has 0 saturated heterocycles. The van der Waals surface area contributed by atoms with Crippen LogP contribution in [0.5, 0.6) is 0 Å². The van der Waals surface area contributed by atoms with Crippen molar-refractivity contribution in [1.82, 2.24) is 15.2 Å². The van der Waals surface area contributed by atoms with Crippen molar-refractivity contribution in [3.8, 4) is 0 Å². The minimum atomic E-state index is 0.850. The van der Waals surface area contributed by atoms with Crippen molar-refractivity contribution >= 4 is 0 Å². The van der Waals surface area contributed by atoms with Gasteiger partial charge in [0.05, 0.1) is 11.9 Å². The van der Waals surface area contributed by atoms with Gasteiger partial charge in [0, 0.05) is 0 Å². The van der Waals surface area contributed by atoms with E-state index in [2.05, 4.69) is 15.2 Å². The lowest BCUT2D eigenvalue weighted by atomic mass is 10.6. The fraction of sp³-hybridized carbons (Fsp3) is 0.500. The maximum Gasteiger partial charge on any atom is 0.138 e. The molecule has 0 N–H and O–H groups in total. The number of hydrogen-bond acceptors (Lipinski definition) is 3. The molecule has 0 amide bonds. The fourth-order valence-electron chi connectivity index (χ4n) is 0.314. The monoisotopic (exact) mass is 125 g/mol. The molecule has 9 heavy (non-hydrogen) atoms. The normalized spacial score (nSPS) is 7.44. The van der Waals surface area contributed by atoms with Gasteiger partial charge in [0.2, 0.25) is 0 Å². The molecule has 0 unspecified atom stereocenters. The highest BCUT2D eigenvalue weighted by atomic mass is 15.1. The van der Waals surface area contributed by atoms with Crippen molar-refractivity contribution in [2.24, 2.45) is 0 Å². The fourth-order valence-corrected chi connectivity index (χ4v) is 0.314. The molecule has 1 aromatic rings. The van der Waals surface area contributed by atoms with Crippen LogP contribution in [0.3, 0.4) is 0 Å². The first-order chi connectivity index (χ1) is 4.39. The molecule has 0 fully saturated rings. The average molecular weight is 125 g/mol. The Bertz CT molecular complexity index is 138. The Morgan fingerprint density at radius 3 is 2.22 bits per heavy atom. The molecule has 3 nitrogen and oxygen atoms in total. The van der Waals surface area contributed by atoms with Crippen LogP contribution in [-0.4, -0.2) is 15.2 Å². The van der Waals surface area contributed by atoms with Crippen molar-refractivity contribution < 1.29 is 0 Å². The number of nitrogens with zero attached hydrogens (tertiary/aromatic N) is 3. The molecule has 3 heteroatoms. The number of rotatable bonds is 0. The van der Waals surface area contributed by atoms with E-state index in [0.29, 0.717) is 0 Å². The van der Waals surface area contributed by atoms with Crippen LogP contribution in [0.1, 0.15) is 19.5 Å². The van der Waals surface area contributed by atoms with Crippen LogP contribution in [0.25, 0.3) is 0 Å². The predicted octanol–water partition coefficient (Wildman–Crippen LogP) is 1.21. The van der Waals surface area contributed by atoms with Crippen molar-refractivity contribution in [1.29, 1.82) is 0 Å². The number of hydrogen-bond donors (Lipinski definition) is 0. The Balaban J connectivity index is 0.000000291. The maximum absolute atomic E-state index is 3.71.